The average Bonchev–Trinajstić information content (AvgIpc) is 3.29. The molecule has 4 aromatic rings. The maximum absolute atomic E-state index is 14.6. The van der Waals surface area contributed by atoms with Crippen LogP contribution in [0.5, 0.6) is 0 Å². The van der Waals surface area contributed by atoms with Crippen molar-refractivity contribution >= 4 is 40.1 Å². The molecule has 9 heteroatoms. The van der Waals surface area contributed by atoms with Crippen molar-refractivity contribution in [3.8, 4) is 0 Å². The molecule has 0 aliphatic carbocycles. The van der Waals surface area contributed by atoms with Gasteiger partial charge in [0.25, 0.3) is 11.8 Å². The first-order valence-electron chi connectivity index (χ1n) is 11.6. The summed E-state index contributed by atoms with van der Waals surface area (Å²) in [5.41, 5.74) is -0.998. The Labute approximate surface area is 215 Å². The summed E-state index contributed by atoms with van der Waals surface area (Å²) in [6, 6.07) is 17.6. The van der Waals surface area contributed by atoms with Crippen molar-refractivity contribution in [2.75, 3.05) is 25.2 Å². The highest BCUT2D eigenvalue weighted by Gasteiger charge is 2.64. The van der Waals surface area contributed by atoms with E-state index in [1.54, 1.807) is 48.5 Å². The molecule has 0 N–H and O–H groups in total. The molecular formula is C28H20ClFN2O5. The number of hydrogen-bond acceptors (Lipinski definition) is 5. The topological polar surface area (TPSA) is 80.1 Å². The van der Waals surface area contributed by atoms with Gasteiger partial charge in [-0.05, 0) is 30.3 Å². The lowest BCUT2D eigenvalue weighted by molar-refractivity contribution is -0.126. The summed E-state index contributed by atoms with van der Waals surface area (Å²) in [5.74, 6) is -1.81. The zero-order chi connectivity index (χ0) is 25.9. The van der Waals surface area contributed by atoms with Crippen LogP contribution in [0, 0.1) is 5.82 Å². The van der Waals surface area contributed by atoms with Crippen molar-refractivity contribution in [1.29, 1.82) is 0 Å². The molecule has 7 nitrogen and oxygen atoms in total. The van der Waals surface area contributed by atoms with E-state index in [1.165, 1.54) is 35.1 Å². The van der Waals surface area contributed by atoms with Crippen molar-refractivity contribution in [1.82, 2.24) is 4.90 Å². The lowest BCUT2D eigenvalue weighted by Gasteiger charge is -2.34. The minimum absolute atomic E-state index is 0.0175. The molecule has 2 aliphatic heterocycles. The van der Waals surface area contributed by atoms with Gasteiger partial charge in [-0.3, -0.25) is 14.4 Å². The minimum atomic E-state index is -1.80. The van der Waals surface area contributed by atoms with Crippen molar-refractivity contribution in [2.45, 2.75) is 12.1 Å². The summed E-state index contributed by atoms with van der Waals surface area (Å²) in [6.07, 6.45) is 0. The van der Waals surface area contributed by atoms with Crippen LogP contribution < -0.4 is 10.3 Å². The van der Waals surface area contributed by atoms with Gasteiger partial charge in [0.05, 0.1) is 29.8 Å². The normalized spacial score (nSPS) is 18.2. The summed E-state index contributed by atoms with van der Waals surface area (Å²) in [7, 11) is 1.48. The van der Waals surface area contributed by atoms with Crippen molar-refractivity contribution < 1.29 is 23.1 Å². The van der Waals surface area contributed by atoms with Gasteiger partial charge in [0.1, 0.15) is 11.4 Å². The molecule has 3 heterocycles. The van der Waals surface area contributed by atoms with E-state index < -0.39 is 28.6 Å². The standard InChI is InChI=1S/C28H20ClFN2O5/c1-36-13-12-32-26(34)25-23(24(33)18-14-17(29)10-11-22(18)37-25)28(32)19-7-3-5-9-21(19)31(27(28)35)15-16-6-2-4-8-20(16)30/h2-11,14H,12-13,15H2,1H3. The Morgan fingerprint density at radius 2 is 1.78 bits per heavy atom. The predicted molar refractivity (Wildman–Crippen MR) is 135 cm³/mol. The van der Waals surface area contributed by atoms with Gasteiger partial charge in [0, 0.05) is 29.8 Å². The van der Waals surface area contributed by atoms with Gasteiger partial charge in [-0.2, -0.15) is 0 Å². The number of anilines is 1. The fourth-order valence-electron chi connectivity index (χ4n) is 5.40. The predicted octanol–water partition coefficient (Wildman–Crippen LogP) is 4.48. The van der Waals surface area contributed by atoms with Crippen LogP contribution in [-0.4, -0.2) is 37.0 Å². The molecule has 0 saturated carbocycles. The number of carbonyl (C=O) groups is 2. The summed E-state index contributed by atoms with van der Waals surface area (Å²) >= 11 is 6.17. The van der Waals surface area contributed by atoms with Gasteiger partial charge >= 0.3 is 0 Å². The van der Waals surface area contributed by atoms with Gasteiger partial charge in [0.2, 0.25) is 5.76 Å². The van der Waals surface area contributed by atoms with Crippen LogP contribution in [0.4, 0.5) is 10.1 Å². The van der Waals surface area contributed by atoms with Gasteiger partial charge in [0.15, 0.2) is 11.0 Å². The fraction of sp³-hybridized carbons (Fsp3) is 0.179. The highest BCUT2D eigenvalue weighted by molar-refractivity contribution is 6.31. The van der Waals surface area contributed by atoms with E-state index in [9.17, 15) is 18.8 Å². The van der Waals surface area contributed by atoms with Crippen molar-refractivity contribution in [3.63, 3.8) is 0 Å². The molecule has 3 aromatic carbocycles. The highest BCUT2D eigenvalue weighted by atomic mass is 35.5. The van der Waals surface area contributed by atoms with Gasteiger partial charge in [-0.1, -0.05) is 48.0 Å². The molecule has 1 aromatic heterocycles. The molecule has 1 unspecified atom stereocenters. The number of halogens is 2. The highest BCUT2D eigenvalue weighted by Crippen LogP contribution is 2.52. The first-order valence-corrected chi connectivity index (χ1v) is 12.0. The van der Waals surface area contributed by atoms with E-state index in [4.69, 9.17) is 20.8 Å². The van der Waals surface area contributed by atoms with E-state index in [-0.39, 0.29) is 42.0 Å². The van der Waals surface area contributed by atoms with E-state index in [1.807, 2.05) is 0 Å². The molecule has 186 valence electrons. The zero-order valence-electron chi connectivity index (χ0n) is 19.7. The van der Waals surface area contributed by atoms with Crippen LogP contribution in [0.1, 0.15) is 27.2 Å². The lowest BCUT2D eigenvalue weighted by Crippen LogP contribution is -2.54. The van der Waals surface area contributed by atoms with Crippen LogP contribution in [0.3, 0.4) is 0 Å². The number of fused-ring (bicyclic) bond motifs is 5. The van der Waals surface area contributed by atoms with Gasteiger partial charge < -0.3 is 19.0 Å². The Morgan fingerprint density at radius 3 is 2.57 bits per heavy atom. The van der Waals surface area contributed by atoms with E-state index in [0.29, 0.717) is 21.8 Å². The number of benzene rings is 3. The second kappa shape index (κ2) is 8.54. The maximum Gasteiger partial charge on any atom is 0.291 e. The lowest BCUT2D eigenvalue weighted by atomic mass is 9.84. The Balaban J connectivity index is 1.66. The second-order valence-electron chi connectivity index (χ2n) is 8.94. The smallest absolute Gasteiger partial charge is 0.291 e. The van der Waals surface area contributed by atoms with Crippen molar-refractivity contribution in [2.24, 2.45) is 0 Å². The quantitative estimate of drug-likeness (QED) is 0.389. The third kappa shape index (κ3) is 3.19. The number of nitrogens with zero attached hydrogens (tertiary/aromatic N) is 2. The first-order chi connectivity index (χ1) is 17.9. The number of carbonyl (C=O) groups excluding carboxylic acids is 2. The fourth-order valence-corrected chi connectivity index (χ4v) is 5.57. The van der Waals surface area contributed by atoms with Crippen LogP contribution in [0.25, 0.3) is 11.0 Å². The molecule has 0 bridgehead atoms. The largest absolute Gasteiger partial charge is 0.450 e. The number of rotatable bonds is 5. The summed E-state index contributed by atoms with van der Waals surface area (Å²) < 4.78 is 25.8. The maximum atomic E-state index is 14.6. The van der Waals surface area contributed by atoms with E-state index >= 15 is 0 Å². The van der Waals surface area contributed by atoms with Gasteiger partial charge in [-0.25, -0.2) is 4.39 Å². The molecule has 1 spiro atoms. The Bertz CT molecular complexity index is 1670. The minimum Gasteiger partial charge on any atom is -0.450 e. The Morgan fingerprint density at radius 1 is 1.03 bits per heavy atom. The summed E-state index contributed by atoms with van der Waals surface area (Å²) in [6.45, 7) is 0.0458. The first kappa shape index (κ1) is 23.4. The Kier molecular flexibility index (Phi) is 5.40. The van der Waals surface area contributed by atoms with Crippen LogP contribution in [-0.2, 0) is 21.6 Å². The SMILES string of the molecule is COCCN1C(=O)c2oc3ccc(Cl)cc3c(=O)c2C12C(=O)N(Cc1ccccc1F)c1ccccc12. The van der Waals surface area contributed by atoms with Crippen molar-refractivity contribution in [3.05, 3.63) is 110 Å². The van der Waals surface area contributed by atoms with Crippen LogP contribution >= 0.6 is 11.6 Å². The number of amides is 2. The molecule has 2 amide bonds. The Hall–Kier alpha value is -4.01. The third-order valence-electron chi connectivity index (χ3n) is 7.00. The molecular weight excluding hydrogens is 499 g/mol. The van der Waals surface area contributed by atoms with Crippen LogP contribution in [0.2, 0.25) is 5.02 Å². The number of hydrogen-bond donors (Lipinski definition) is 0. The average molecular weight is 519 g/mol. The van der Waals surface area contributed by atoms with Gasteiger partial charge in [-0.15, -0.1) is 0 Å². The monoisotopic (exact) mass is 518 g/mol. The molecule has 2 aliphatic rings. The molecule has 37 heavy (non-hydrogen) atoms. The number of methoxy groups -OCH3 is 1. The zero-order valence-corrected chi connectivity index (χ0v) is 20.4. The second-order valence-corrected chi connectivity index (χ2v) is 9.37. The van der Waals surface area contributed by atoms with E-state index in [2.05, 4.69) is 0 Å². The molecule has 0 saturated heterocycles. The molecule has 1 atom stereocenters. The molecule has 0 radical (unpaired) electrons. The molecule has 0 fully saturated rings. The number of para-hydroxylation sites is 1. The summed E-state index contributed by atoms with van der Waals surface area (Å²) in [4.78, 5) is 45.0. The van der Waals surface area contributed by atoms with E-state index in [0.717, 1.165) is 0 Å². The summed E-state index contributed by atoms with van der Waals surface area (Å²) in [5, 5.41) is 0.471. The van der Waals surface area contributed by atoms with Crippen LogP contribution in [0.15, 0.2) is 75.9 Å². The third-order valence-corrected chi connectivity index (χ3v) is 7.24. The molecule has 6 rings (SSSR count). The number of ether oxygens (including phenoxy) is 1.